The topological polar surface area (TPSA) is 28.2 Å². The van der Waals surface area contributed by atoms with Crippen molar-refractivity contribution in [3.8, 4) is 0 Å². The largest absolute Gasteiger partial charge is 0.406 e. The molecule has 0 fully saturated rings. The lowest BCUT2D eigenvalue weighted by atomic mass is 10.3. The summed E-state index contributed by atoms with van der Waals surface area (Å²) in [6.45, 7) is 6.79. The normalized spacial score (nSPS) is 11.9. The van der Waals surface area contributed by atoms with E-state index in [4.69, 9.17) is 0 Å². The summed E-state index contributed by atoms with van der Waals surface area (Å²) in [5.74, 6) is 0. The van der Waals surface area contributed by atoms with Crippen molar-refractivity contribution < 1.29 is 13.2 Å². The van der Waals surface area contributed by atoms with Crippen LogP contribution >= 0.6 is 11.3 Å². The quantitative estimate of drug-likeness (QED) is 0.795. The Morgan fingerprint density at radius 2 is 1.95 bits per heavy atom. The second kappa shape index (κ2) is 7.83. The second-order valence-electron chi connectivity index (χ2n) is 4.54. The van der Waals surface area contributed by atoms with Gasteiger partial charge in [-0.3, -0.25) is 0 Å². The maximum Gasteiger partial charge on any atom is 0.406 e. The predicted octanol–water partition coefficient (Wildman–Crippen LogP) is 3.59. The first kappa shape index (κ1) is 17.2. The lowest BCUT2D eigenvalue weighted by Gasteiger charge is -2.22. The van der Waals surface area contributed by atoms with Crippen LogP contribution in [0.25, 0.3) is 0 Å². The number of rotatable bonds is 8. The summed E-state index contributed by atoms with van der Waals surface area (Å²) in [6, 6.07) is 0. The van der Waals surface area contributed by atoms with Gasteiger partial charge in [-0.2, -0.15) is 13.2 Å². The zero-order valence-electron chi connectivity index (χ0n) is 12.2. The van der Waals surface area contributed by atoms with Gasteiger partial charge in [-0.15, -0.1) is 11.3 Å². The molecule has 0 bridgehead atoms. The van der Waals surface area contributed by atoms with E-state index in [0.717, 1.165) is 23.5 Å². The van der Waals surface area contributed by atoms with E-state index in [1.807, 2.05) is 20.8 Å². The van der Waals surface area contributed by atoms with E-state index in [1.165, 1.54) is 16.2 Å². The first-order chi connectivity index (χ1) is 9.41. The van der Waals surface area contributed by atoms with E-state index in [-0.39, 0.29) is 0 Å². The number of aryl methyl sites for hydroxylation is 1. The summed E-state index contributed by atoms with van der Waals surface area (Å²) in [4.78, 5) is 6.76. The van der Waals surface area contributed by atoms with Crippen LogP contribution in [-0.4, -0.2) is 30.8 Å². The summed E-state index contributed by atoms with van der Waals surface area (Å²) in [5, 5.41) is 3.68. The van der Waals surface area contributed by atoms with Crippen LogP contribution in [-0.2, 0) is 13.0 Å². The number of nitrogens with zero attached hydrogens (tertiary/aromatic N) is 2. The highest BCUT2D eigenvalue weighted by Crippen LogP contribution is 2.29. The molecule has 3 nitrogen and oxygen atoms in total. The highest BCUT2D eigenvalue weighted by atomic mass is 32.1. The molecule has 0 aliphatic carbocycles. The molecule has 1 heterocycles. The fraction of sp³-hybridized carbons (Fsp3) is 0.769. The SMILES string of the molecule is CCCN(CC(F)(F)F)c1nc(CC)c(CNCC)s1. The van der Waals surface area contributed by atoms with Gasteiger partial charge >= 0.3 is 6.18 Å². The van der Waals surface area contributed by atoms with Crippen LogP contribution < -0.4 is 10.2 Å². The Hall–Kier alpha value is -0.820. The molecular weight excluding hydrogens is 287 g/mol. The Balaban J connectivity index is 2.92. The molecule has 1 rings (SSSR count). The van der Waals surface area contributed by atoms with Gasteiger partial charge in [0.1, 0.15) is 6.54 Å². The molecule has 0 aliphatic rings. The van der Waals surface area contributed by atoms with Crippen LogP contribution in [0.1, 0.15) is 37.8 Å². The molecule has 0 aliphatic heterocycles. The van der Waals surface area contributed by atoms with Crippen molar-refractivity contribution in [3.05, 3.63) is 10.6 Å². The number of alkyl halides is 3. The van der Waals surface area contributed by atoms with Gasteiger partial charge in [-0.1, -0.05) is 20.8 Å². The van der Waals surface area contributed by atoms with Crippen molar-refractivity contribution in [3.63, 3.8) is 0 Å². The molecule has 0 saturated carbocycles. The first-order valence-electron chi connectivity index (χ1n) is 6.92. The number of hydrogen-bond acceptors (Lipinski definition) is 4. The molecule has 0 amide bonds. The number of halogens is 3. The molecular formula is C13H22F3N3S. The zero-order chi connectivity index (χ0) is 15.2. The van der Waals surface area contributed by atoms with Gasteiger partial charge in [0, 0.05) is 18.0 Å². The van der Waals surface area contributed by atoms with Gasteiger partial charge in [0.25, 0.3) is 0 Å². The van der Waals surface area contributed by atoms with Gasteiger partial charge in [0.05, 0.1) is 5.69 Å². The van der Waals surface area contributed by atoms with E-state index >= 15 is 0 Å². The molecule has 116 valence electrons. The van der Waals surface area contributed by atoms with Crippen LogP contribution in [0.2, 0.25) is 0 Å². The molecule has 0 radical (unpaired) electrons. The number of hydrogen-bond donors (Lipinski definition) is 1. The number of nitrogens with one attached hydrogen (secondary N) is 1. The zero-order valence-corrected chi connectivity index (χ0v) is 13.0. The van der Waals surface area contributed by atoms with Crippen molar-refractivity contribution in [2.75, 3.05) is 24.5 Å². The Morgan fingerprint density at radius 3 is 2.45 bits per heavy atom. The Labute approximate surface area is 122 Å². The maximum atomic E-state index is 12.6. The fourth-order valence-electron chi connectivity index (χ4n) is 1.89. The van der Waals surface area contributed by atoms with Gasteiger partial charge in [0.15, 0.2) is 5.13 Å². The predicted molar refractivity (Wildman–Crippen MR) is 77.4 cm³/mol. The van der Waals surface area contributed by atoms with Crippen LogP contribution in [0, 0.1) is 0 Å². The van der Waals surface area contributed by atoms with Crippen LogP contribution in [0.3, 0.4) is 0 Å². The molecule has 0 aromatic carbocycles. The highest BCUT2D eigenvalue weighted by Gasteiger charge is 2.32. The first-order valence-corrected chi connectivity index (χ1v) is 7.73. The Bertz CT molecular complexity index is 404. The van der Waals surface area contributed by atoms with Crippen molar-refractivity contribution >= 4 is 16.5 Å². The molecule has 1 N–H and O–H groups in total. The van der Waals surface area contributed by atoms with Crippen LogP contribution in [0.4, 0.5) is 18.3 Å². The molecule has 7 heteroatoms. The van der Waals surface area contributed by atoms with Crippen LogP contribution in [0.5, 0.6) is 0 Å². The van der Waals surface area contributed by atoms with Gasteiger partial charge in [-0.05, 0) is 19.4 Å². The number of aromatic nitrogens is 1. The summed E-state index contributed by atoms with van der Waals surface area (Å²) in [6.07, 6.45) is -2.79. The highest BCUT2D eigenvalue weighted by molar-refractivity contribution is 7.15. The third-order valence-electron chi connectivity index (χ3n) is 2.77. The molecule has 0 atom stereocenters. The van der Waals surface area contributed by atoms with Gasteiger partial charge in [0.2, 0.25) is 0 Å². The summed E-state index contributed by atoms with van der Waals surface area (Å²) >= 11 is 1.37. The monoisotopic (exact) mass is 309 g/mol. The smallest absolute Gasteiger partial charge is 0.339 e. The second-order valence-corrected chi connectivity index (χ2v) is 5.60. The molecule has 0 spiro atoms. The van der Waals surface area contributed by atoms with E-state index in [0.29, 0.717) is 24.6 Å². The van der Waals surface area contributed by atoms with Crippen molar-refractivity contribution in [2.45, 2.75) is 46.3 Å². The molecule has 1 aromatic heterocycles. The molecule has 20 heavy (non-hydrogen) atoms. The molecule has 0 saturated heterocycles. The summed E-state index contributed by atoms with van der Waals surface area (Å²) < 4.78 is 37.9. The third kappa shape index (κ3) is 5.28. The van der Waals surface area contributed by atoms with Crippen LogP contribution in [0.15, 0.2) is 0 Å². The summed E-state index contributed by atoms with van der Waals surface area (Å²) in [7, 11) is 0. The average molecular weight is 309 g/mol. The number of anilines is 1. The average Bonchev–Trinajstić information content (AvgIpc) is 2.77. The minimum atomic E-state index is -4.20. The summed E-state index contributed by atoms with van der Waals surface area (Å²) in [5.41, 5.74) is 0.897. The van der Waals surface area contributed by atoms with Gasteiger partial charge in [-0.25, -0.2) is 4.98 Å². The number of thiazole rings is 1. The molecule has 1 aromatic rings. The van der Waals surface area contributed by atoms with E-state index in [9.17, 15) is 13.2 Å². The van der Waals surface area contributed by atoms with E-state index in [2.05, 4.69) is 10.3 Å². The van der Waals surface area contributed by atoms with Gasteiger partial charge < -0.3 is 10.2 Å². The van der Waals surface area contributed by atoms with Crippen molar-refractivity contribution in [1.29, 1.82) is 0 Å². The maximum absolute atomic E-state index is 12.6. The lowest BCUT2D eigenvalue weighted by molar-refractivity contribution is -0.119. The lowest BCUT2D eigenvalue weighted by Crippen LogP contribution is -2.34. The Morgan fingerprint density at radius 1 is 1.25 bits per heavy atom. The Kier molecular flexibility index (Phi) is 6.75. The standard InChI is InChI=1S/C13H22F3N3S/c1-4-7-19(9-13(14,15)16)12-18-10(5-2)11(20-12)8-17-6-3/h17H,4-9H2,1-3H3. The van der Waals surface area contributed by atoms with E-state index in [1.54, 1.807) is 0 Å². The molecule has 0 unspecified atom stereocenters. The fourth-order valence-corrected chi connectivity index (χ4v) is 3.03. The van der Waals surface area contributed by atoms with Crippen molar-refractivity contribution in [2.24, 2.45) is 0 Å². The third-order valence-corrected chi connectivity index (χ3v) is 3.93. The van der Waals surface area contributed by atoms with E-state index < -0.39 is 12.7 Å². The minimum Gasteiger partial charge on any atom is -0.339 e. The minimum absolute atomic E-state index is 0.372. The van der Waals surface area contributed by atoms with Crippen molar-refractivity contribution in [1.82, 2.24) is 10.3 Å².